The number of alkyl carbamates (subject to hydrolysis) is 1. The SMILES string of the molecule is CC(C)(C)OC(=O)N[C@@H](c1ccccc1)[C@H](Nc1nc(Cl)c(C#N)cc1F)c1ccccc1.N#Cc1cc(F)c(N[C@H](c2ccccc2)[C@@H](N)c2ccccc2)nc1Cl.NC(c1ccccc1)[C@H](N)c1ccccc1. The number of nitrogens with two attached hydrogens (primary N) is 3. The molecule has 9 N–H and O–H groups in total. The van der Waals surface area contributed by atoms with Gasteiger partial charge in [-0.05, 0) is 66.3 Å². The number of benzene rings is 6. The number of rotatable bonds is 14. The molecule has 75 heavy (non-hydrogen) atoms. The Morgan fingerprint density at radius 2 is 0.800 bits per heavy atom. The molecule has 0 spiro atoms. The van der Waals surface area contributed by atoms with Crippen LogP contribution in [0.5, 0.6) is 0 Å². The number of ether oxygens (including phenoxy) is 1. The van der Waals surface area contributed by atoms with Crippen LogP contribution in [0.4, 0.5) is 25.2 Å². The van der Waals surface area contributed by atoms with Gasteiger partial charge < -0.3 is 37.9 Å². The smallest absolute Gasteiger partial charge is 0.408 e. The largest absolute Gasteiger partial charge is 0.444 e. The van der Waals surface area contributed by atoms with Gasteiger partial charge in [-0.2, -0.15) is 10.5 Å². The molecule has 8 aromatic rings. The zero-order valence-corrected chi connectivity index (χ0v) is 42.8. The summed E-state index contributed by atoms with van der Waals surface area (Å²) in [6, 6.07) is 60.6. The van der Waals surface area contributed by atoms with Crippen LogP contribution >= 0.6 is 23.2 Å². The van der Waals surface area contributed by atoms with Crippen LogP contribution in [0.3, 0.4) is 0 Å². The topological polar surface area (TPSA) is 214 Å². The van der Waals surface area contributed by atoms with Crippen LogP contribution in [0, 0.1) is 34.3 Å². The van der Waals surface area contributed by atoms with E-state index >= 15 is 0 Å². The number of pyridine rings is 2. The van der Waals surface area contributed by atoms with E-state index in [-0.39, 0.29) is 45.2 Å². The highest BCUT2D eigenvalue weighted by Crippen LogP contribution is 2.35. The van der Waals surface area contributed by atoms with Gasteiger partial charge in [0.15, 0.2) is 23.3 Å². The first-order valence-electron chi connectivity index (χ1n) is 23.7. The van der Waals surface area contributed by atoms with Crippen LogP contribution in [0.1, 0.15) is 102 Å². The van der Waals surface area contributed by atoms with E-state index in [0.29, 0.717) is 0 Å². The average Bonchev–Trinajstić information content (AvgIpc) is 3.43. The summed E-state index contributed by atoms with van der Waals surface area (Å²) < 4.78 is 34.7. The third-order valence-electron chi connectivity index (χ3n) is 11.5. The minimum absolute atomic E-state index is 0.0154. The third-order valence-corrected chi connectivity index (χ3v) is 12.0. The molecule has 2 aromatic heterocycles. The van der Waals surface area contributed by atoms with Gasteiger partial charge in [0.05, 0.1) is 35.3 Å². The van der Waals surface area contributed by atoms with Crippen molar-refractivity contribution in [2.75, 3.05) is 10.6 Å². The predicted molar refractivity (Wildman–Crippen MR) is 292 cm³/mol. The number of nitrogens with one attached hydrogen (secondary N) is 3. The Morgan fingerprint density at radius 3 is 1.13 bits per heavy atom. The molecule has 0 aliphatic carbocycles. The van der Waals surface area contributed by atoms with Crippen molar-refractivity contribution in [1.29, 1.82) is 10.5 Å². The molecule has 12 nitrogen and oxygen atoms in total. The van der Waals surface area contributed by atoms with Gasteiger partial charge in [-0.3, -0.25) is 0 Å². The second kappa shape index (κ2) is 27.2. The molecule has 6 atom stereocenters. The van der Waals surface area contributed by atoms with Crippen molar-refractivity contribution in [3.8, 4) is 12.1 Å². The minimum atomic E-state index is -0.735. The van der Waals surface area contributed by atoms with E-state index < -0.39 is 47.5 Å². The number of hydrogen-bond donors (Lipinski definition) is 6. The summed E-state index contributed by atoms with van der Waals surface area (Å²) in [5.41, 5.74) is 23.4. The standard InChI is InChI=1S/C25H24ClFN4O2.C20H16ClFN4.C14H16N2/c1-25(2,3)33-24(32)30-21(17-12-8-5-9-13-17)20(16-10-6-4-7-11-16)29-23-19(27)14-18(15-28)22(26)31-23;21-19-15(12-23)11-16(22)20(26-19)25-18(14-9-5-2-6-10-14)17(24)13-7-3-1-4-8-13;15-13(11-7-3-1-4-8-11)14(16)12-9-5-2-6-10-12/h4-14,20-21H,1-3H3,(H,29,31)(H,30,32);1-11,17-18H,24H2,(H,25,26);1-10,13-14H,15-16H2/t20-,21+;17-,18+;13-,14?/m101/s1. The summed E-state index contributed by atoms with van der Waals surface area (Å²) >= 11 is 12.0. The summed E-state index contributed by atoms with van der Waals surface area (Å²) in [5.74, 6) is -1.58. The van der Waals surface area contributed by atoms with Crippen LogP contribution in [-0.4, -0.2) is 21.7 Å². The van der Waals surface area contributed by atoms with Crippen molar-refractivity contribution in [3.63, 3.8) is 0 Å². The lowest BCUT2D eigenvalue weighted by atomic mass is 9.93. The summed E-state index contributed by atoms with van der Waals surface area (Å²) in [7, 11) is 0. The molecule has 0 bridgehead atoms. The number of nitrogens with zero attached hydrogens (tertiary/aromatic N) is 4. The Hall–Kier alpha value is -8.21. The summed E-state index contributed by atoms with van der Waals surface area (Å²) in [4.78, 5) is 20.7. The van der Waals surface area contributed by atoms with Crippen LogP contribution in [0.25, 0.3) is 0 Å². The van der Waals surface area contributed by atoms with Gasteiger partial charge >= 0.3 is 6.09 Å². The summed E-state index contributed by atoms with van der Waals surface area (Å²) in [6.07, 6.45) is -0.620. The second-order valence-corrected chi connectivity index (χ2v) is 18.7. The molecular formula is C59H56Cl2F2N10O2. The van der Waals surface area contributed by atoms with Gasteiger partial charge in [-0.25, -0.2) is 23.5 Å². The number of amides is 1. The molecule has 0 aliphatic heterocycles. The molecule has 1 unspecified atom stereocenters. The van der Waals surface area contributed by atoms with Crippen LogP contribution in [-0.2, 0) is 4.74 Å². The van der Waals surface area contributed by atoms with Crippen LogP contribution < -0.4 is 33.2 Å². The lowest BCUT2D eigenvalue weighted by Gasteiger charge is -2.31. The van der Waals surface area contributed by atoms with E-state index in [1.807, 2.05) is 194 Å². The molecule has 0 fully saturated rings. The number of hydrogen-bond acceptors (Lipinski definition) is 11. The van der Waals surface area contributed by atoms with Crippen molar-refractivity contribution in [2.45, 2.75) is 62.6 Å². The fraction of sp³-hybridized carbons (Fsp3) is 0.169. The van der Waals surface area contributed by atoms with Crippen molar-refractivity contribution in [3.05, 3.63) is 261 Å². The van der Waals surface area contributed by atoms with E-state index in [0.717, 1.165) is 45.5 Å². The van der Waals surface area contributed by atoms with E-state index in [2.05, 4.69) is 25.9 Å². The molecule has 16 heteroatoms. The molecule has 0 saturated carbocycles. The number of nitriles is 2. The Kier molecular flexibility index (Phi) is 20.3. The number of carbonyl (C=O) groups excluding carboxylic acids is 1. The first kappa shape index (κ1) is 56.1. The molecule has 0 aliphatic rings. The molecule has 1 amide bonds. The Balaban J connectivity index is 0.000000193. The van der Waals surface area contributed by atoms with Crippen LogP contribution in [0.2, 0.25) is 10.3 Å². The lowest BCUT2D eigenvalue weighted by Crippen LogP contribution is -2.39. The van der Waals surface area contributed by atoms with E-state index in [1.54, 1.807) is 20.8 Å². The fourth-order valence-corrected chi connectivity index (χ4v) is 8.10. The fourth-order valence-electron chi connectivity index (χ4n) is 7.73. The summed E-state index contributed by atoms with van der Waals surface area (Å²) in [6.45, 7) is 5.32. The van der Waals surface area contributed by atoms with Crippen molar-refractivity contribution in [2.24, 2.45) is 17.2 Å². The minimum Gasteiger partial charge on any atom is -0.444 e. The van der Waals surface area contributed by atoms with Gasteiger partial charge in [-0.1, -0.05) is 205 Å². The maximum atomic E-state index is 14.8. The maximum Gasteiger partial charge on any atom is 0.408 e. The number of halogens is 4. The molecule has 6 aromatic carbocycles. The highest BCUT2D eigenvalue weighted by atomic mass is 35.5. The van der Waals surface area contributed by atoms with E-state index in [9.17, 15) is 13.6 Å². The van der Waals surface area contributed by atoms with Gasteiger partial charge in [0.2, 0.25) is 0 Å². The maximum absolute atomic E-state index is 14.8. The Bertz CT molecular complexity index is 3110. The predicted octanol–water partition coefficient (Wildman–Crippen LogP) is 13.2. The van der Waals surface area contributed by atoms with Crippen molar-refractivity contribution in [1.82, 2.24) is 15.3 Å². The zero-order valence-electron chi connectivity index (χ0n) is 41.3. The highest BCUT2D eigenvalue weighted by molar-refractivity contribution is 6.31. The molecule has 8 rings (SSSR count). The number of anilines is 2. The van der Waals surface area contributed by atoms with Crippen molar-refractivity contribution >= 4 is 40.9 Å². The first-order chi connectivity index (χ1) is 36.1. The monoisotopic (exact) mass is 1040 g/mol. The Morgan fingerprint density at radius 1 is 0.507 bits per heavy atom. The van der Waals surface area contributed by atoms with Crippen molar-refractivity contribution < 1.29 is 18.3 Å². The second-order valence-electron chi connectivity index (χ2n) is 17.9. The van der Waals surface area contributed by atoms with E-state index in [1.165, 1.54) is 0 Å². The molecule has 382 valence electrons. The number of carbonyl (C=O) groups is 1. The van der Waals surface area contributed by atoms with E-state index in [4.69, 9.17) is 55.7 Å². The molecular weight excluding hydrogens is 990 g/mol. The molecule has 2 heterocycles. The third kappa shape index (κ3) is 16.1. The van der Waals surface area contributed by atoms with Gasteiger partial charge in [0, 0.05) is 12.1 Å². The van der Waals surface area contributed by atoms with Gasteiger partial charge in [0.1, 0.15) is 28.0 Å². The lowest BCUT2D eigenvalue weighted by molar-refractivity contribution is 0.0497. The van der Waals surface area contributed by atoms with Gasteiger partial charge in [-0.15, -0.1) is 0 Å². The Labute approximate surface area is 446 Å². The normalized spacial score (nSPS) is 13.2. The quantitative estimate of drug-likeness (QED) is 0.0564. The first-order valence-corrected chi connectivity index (χ1v) is 24.4. The highest BCUT2D eigenvalue weighted by Gasteiger charge is 2.30. The average molecular weight is 1050 g/mol. The molecule has 0 saturated heterocycles. The summed E-state index contributed by atoms with van der Waals surface area (Å²) in [5, 5.41) is 26.9. The van der Waals surface area contributed by atoms with Gasteiger partial charge in [0.25, 0.3) is 0 Å². The van der Waals surface area contributed by atoms with Crippen LogP contribution in [0.15, 0.2) is 194 Å². The zero-order chi connectivity index (χ0) is 53.9. The molecule has 0 radical (unpaired) electrons. The number of aromatic nitrogens is 2.